The molecule has 7 nitrogen and oxygen atoms in total. The first-order chi connectivity index (χ1) is 12.5. The van der Waals surface area contributed by atoms with E-state index in [2.05, 4.69) is 10.3 Å². The Kier molecular flexibility index (Phi) is 8.58. The number of carbonyl (C=O) groups excluding carboxylic acids is 1. The summed E-state index contributed by atoms with van der Waals surface area (Å²) in [5.74, 6) is 0.830. The molecular weight excluding hydrogens is 358 g/mol. The predicted octanol–water partition coefficient (Wildman–Crippen LogP) is 1.50. The molecule has 2 heterocycles. The number of nitrogens with one attached hydrogen (secondary N) is 1. The number of pyridine rings is 1. The third-order valence-electron chi connectivity index (χ3n) is 4.65. The largest absolute Gasteiger partial charge is 0.478 e. The van der Waals surface area contributed by atoms with Crippen molar-refractivity contribution < 1.29 is 19.7 Å². The third kappa shape index (κ3) is 6.39. The van der Waals surface area contributed by atoms with Crippen LogP contribution in [0, 0.1) is 12.8 Å². The lowest BCUT2D eigenvalue weighted by Gasteiger charge is -2.26. The smallest absolute Gasteiger partial charge is 0.253 e. The average Bonchev–Trinajstić information content (AvgIpc) is 2.64. The molecule has 8 heteroatoms. The molecular formula is C18H28ClN3O4. The minimum Gasteiger partial charge on any atom is -0.478 e. The second-order valence-electron chi connectivity index (χ2n) is 6.66. The Morgan fingerprint density at radius 1 is 1.38 bits per heavy atom. The summed E-state index contributed by atoms with van der Waals surface area (Å²) in [5.41, 5.74) is 0.946. The molecule has 146 valence electrons. The van der Waals surface area contributed by atoms with E-state index < -0.39 is 6.04 Å². The summed E-state index contributed by atoms with van der Waals surface area (Å²) in [6.07, 6.45) is 4.35. The Hall–Kier alpha value is -1.41. The summed E-state index contributed by atoms with van der Waals surface area (Å²) in [6, 6.07) is 2.64. The van der Waals surface area contributed by atoms with E-state index in [1.54, 1.807) is 19.1 Å². The molecule has 0 atom stereocenters. The van der Waals surface area contributed by atoms with Gasteiger partial charge in [0, 0.05) is 19.2 Å². The minimum atomic E-state index is -0.677. The molecule has 1 fully saturated rings. The van der Waals surface area contributed by atoms with Gasteiger partial charge in [0.05, 0.1) is 37.1 Å². The van der Waals surface area contributed by atoms with Crippen molar-refractivity contribution in [1.29, 1.82) is 0 Å². The highest BCUT2D eigenvalue weighted by Crippen LogP contribution is 2.23. The molecule has 0 aromatic carbocycles. The molecule has 0 spiro atoms. The Morgan fingerprint density at radius 2 is 2.08 bits per heavy atom. The van der Waals surface area contributed by atoms with Crippen LogP contribution in [0.25, 0.3) is 0 Å². The zero-order valence-electron chi connectivity index (χ0n) is 15.2. The first-order valence-electron chi connectivity index (χ1n) is 9.07. The number of aliphatic hydroxyl groups excluding tert-OH is 2. The molecule has 1 aliphatic rings. The van der Waals surface area contributed by atoms with Crippen molar-refractivity contribution in [2.75, 3.05) is 32.9 Å². The summed E-state index contributed by atoms with van der Waals surface area (Å²) >= 11 is 5.96. The molecule has 0 aliphatic carbocycles. The number of piperidine rings is 1. The number of hydrogen-bond acceptors (Lipinski definition) is 6. The summed E-state index contributed by atoms with van der Waals surface area (Å²) in [5, 5.41) is 20.6. The highest BCUT2D eigenvalue weighted by atomic mass is 35.5. The van der Waals surface area contributed by atoms with Crippen molar-refractivity contribution in [1.82, 2.24) is 14.7 Å². The van der Waals surface area contributed by atoms with Gasteiger partial charge in [0.15, 0.2) is 0 Å². The number of aliphatic hydroxyl groups is 2. The van der Waals surface area contributed by atoms with Crippen LogP contribution in [0.3, 0.4) is 0 Å². The van der Waals surface area contributed by atoms with Gasteiger partial charge in [0.25, 0.3) is 5.91 Å². The highest BCUT2D eigenvalue weighted by Gasteiger charge is 2.18. The van der Waals surface area contributed by atoms with E-state index in [1.165, 1.54) is 0 Å². The van der Waals surface area contributed by atoms with Crippen LogP contribution in [-0.4, -0.2) is 64.5 Å². The van der Waals surface area contributed by atoms with Gasteiger partial charge in [-0.2, -0.15) is 0 Å². The van der Waals surface area contributed by atoms with Crippen molar-refractivity contribution in [3.8, 4) is 5.88 Å². The van der Waals surface area contributed by atoms with E-state index >= 15 is 0 Å². The number of aromatic nitrogens is 1. The molecule has 0 saturated carbocycles. The number of rotatable bonds is 9. The van der Waals surface area contributed by atoms with Crippen LogP contribution in [0.15, 0.2) is 12.1 Å². The van der Waals surface area contributed by atoms with E-state index in [1.807, 2.05) is 4.42 Å². The zero-order chi connectivity index (χ0) is 18.9. The molecule has 1 aliphatic heterocycles. The molecule has 0 bridgehead atoms. The lowest BCUT2D eigenvalue weighted by molar-refractivity contribution is 0.0878. The fourth-order valence-electron chi connectivity index (χ4n) is 3.01. The maximum atomic E-state index is 12.1. The Morgan fingerprint density at radius 3 is 2.69 bits per heavy atom. The summed E-state index contributed by atoms with van der Waals surface area (Å²) in [4.78, 5) is 16.5. The number of amides is 1. The van der Waals surface area contributed by atoms with Crippen LogP contribution in [0.5, 0.6) is 5.88 Å². The first kappa shape index (κ1) is 20.9. The summed E-state index contributed by atoms with van der Waals surface area (Å²) in [6.45, 7) is 3.58. The Bertz CT molecular complexity index is 576. The van der Waals surface area contributed by atoms with Crippen LogP contribution in [-0.2, 0) is 0 Å². The molecule has 0 unspecified atom stereocenters. The lowest BCUT2D eigenvalue weighted by atomic mass is 9.93. The number of hydrogen-bond donors (Lipinski definition) is 3. The lowest BCUT2D eigenvalue weighted by Crippen LogP contribution is -2.40. The Labute approximate surface area is 159 Å². The number of carbonyl (C=O) groups is 1. The van der Waals surface area contributed by atoms with Crippen molar-refractivity contribution in [2.24, 2.45) is 5.92 Å². The second kappa shape index (κ2) is 10.7. The summed E-state index contributed by atoms with van der Waals surface area (Å²) < 4.78 is 7.55. The van der Waals surface area contributed by atoms with E-state index in [4.69, 9.17) is 26.7 Å². The highest BCUT2D eigenvalue weighted by molar-refractivity contribution is 6.13. The first-order valence-corrected chi connectivity index (χ1v) is 9.41. The zero-order valence-corrected chi connectivity index (χ0v) is 15.9. The predicted molar refractivity (Wildman–Crippen MR) is 99.3 cm³/mol. The molecule has 1 aromatic rings. The second-order valence-corrected chi connectivity index (χ2v) is 7.14. The Balaban J connectivity index is 1.77. The van der Waals surface area contributed by atoms with Gasteiger partial charge in [-0.1, -0.05) is 0 Å². The van der Waals surface area contributed by atoms with Gasteiger partial charge in [-0.15, -0.1) is 0 Å². The molecule has 26 heavy (non-hydrogen) atoms. The number of aryl methyl sites for hydroxylation is 1. The van der Waals surface area contributed by atoms with Gasteiger partial charge < -0.3 is 20.3 Å². The topological polar surface area (TPSA) is 94.9 Å². The quantitative estimate of drug-likeness (QED) is 0.440. The fourth-order valence-corrected chi connectivity index (χ4v) is 3.20. The van der Waals surface area contributed by atoms with E-state index in [9.17, 15) is 4.79 Å². The van der Waals surface area contributed by atoms with Gasteiger partial charge in [-0.05, 0) is 56.4 Å². The van der Waals surface area contributed by atoms with E-state index in [0.29, 0.717) is 29.7 Å². The average molecular weight is 386 g/mol. The van der Waals surface area contributed by atoms with Gasteiger partial charge in [0.1, 0.15) is 0 Å². The SMILES string of the molecule is Cc1nc(OCCCC2CCN(Cl)CC2)ccc1C(=O)NC(CO)CO. The molecule has 1 amide bonds. The van der Waals surface area contributed by atoms with Gasteiger partial charge >= 0.3 is 0 Å². The van der Waals surface area contributed by atoms with Crippen LogP contribution in [0.1, 0.15) is 41.7 Å². The van der Waals surface area contributed by atoms with Gasteiger partial charge in [0.2, 0.25) is 5.88 Å². The standard InChI is InChI=1S/C18H28ClN3O4/c1-13-16(18(25)21-15(11-23)12-24)4-5-17(20-13)26-10-2-3-14-6-8-22(19)9-7-14/h4-5,14-15,23-24H,2-3,6-12H2,1H3,(H,21,25). The van der Waals surface area contributed by atoms with E-state index in [0.717, 1.165) is 38.8 Å². The van der Waals surface area contributed by atoms with Crippen molar-refractivity contribution >= 4 is 17.7 Å². The normalized spacial score (nSPS) is 16.0. The summed E-state index contributed by atoms with van der Waals surface area (Å²) in [7, 11) is 0. The van der Waals surface area contributed by atoms with Crippen LogP contribution in [0.4, 0.5) is 0 Å². The molecule has 1 aromatic heterocycles. The molecule has 1 saturated heterocycles. The van der Waals surface area contributed by atoms with Gasteiger partial charge in [-0.25, -0.2) is 9.40 Å². The van der Waals surface area contributed by atoms with Crippen LogP contribution in [0.2, 0.25) is 0 Å². The monoisotopic (exact) mass is 385 g/mol. The van der Waals surface area contributed by atoms with Crippen molar-refractivity contribution in [3.05, 3.63) is 23.4 Å². The van der Waals surface area contributed by atoms with E-state index in [-0.39, 0.29) is 19.1 Å². The van der Waals surface area contributed by atoms with Gasteiger partial charge in [-0.3, -0.25) is 4.79 Å². The maximum Gasteiger partial charge on any atom is 0.253 e. The number of ether oxygens (including phenoxy) is 1. The molecule has 2 rings (SSSR count). The molecule has 0 radical (unpaired) electrons. The van der Waals surface area contributed by atoms with Crippen molar-refractivity contribution in [3.63, 3.8) is 0 Å². The maximum absolute atomic E-state index is 12.1. The number of nitrogens with zero attached hydrogens (tertiary/aromatic N) is 2. The minimum absolute atomic E-state index is 0.320. The fraction of sp³-hybridized carbons (Fsp3) is 0.667. The third-order valence-corrected chi connectivity index (χ3v) is 4.99. The van der Waals surface area contributed by atoms with Crippen molar-refractivity contribution in [2.45, 2.75) is 38.6 Å². The van der Waals surface area contributed by atoms with Crippen LogP contribution >= 0.6 is 11.8 Å². The molecule has 3 N–H and O–H groups in total. The number of halogens is 1. The van der Waals surface area contributed by atoms with Crippen LogP contribution < -0.4 is 10.1 Å².